The average molecular weight is 269 g/mol. The van der Waals surface area contributed by atoms with E-state index >= 15 is 0 Å². The van der Waals surface area contributed by atoms with Gasteiger partial charge < -0.3 is 5.32 Å². The largest absolute Gasteiger partial charge is 0.394 e. The highest BCUT2D eigenvalue weighted by molar-refractivity contribution is 5.75. The van der Waals surface area contributed by atoms with Crippen molar-refractivity contribution in [2.75, 3.05) is 7.05 Å². The highest BCUT2D eigenvalue weighted by Crippen LogP contribution is 2.26. The Morgan fingerprint density at radius 3 is 2.45 bits per heavy atom. The van der Waals surface area contributed by atoms with Crippen LogP contribution in [0.4, 0.5) is 0 Å². The van der Waals surface area contributed by atoms with Gasteiger partial charge in [0.2, 0.25) is 0 Å². The smallest absolute Gasteiger partial charge is 0.00278 e. The highest BCUT2D eigenvalue weighted by atomic mass is 14.8. The molecule has 1 heteroatoms. The van der Waals surface area contributed by atoms with E-state index in [9.17, 15) is 0 Å². The van der Waals surface area contributed by atoms with Gasteiger partial charge in [0.15, 0.2) is 0 Å². The van der Waals surface area contributed by atoms with Crippen LogP contribution in [0.5, 0.6) is 0 Å². The molecule has 0 amide bonds. The van der Waals surface area contributed by atoms with Crippen LogP contribution in [0, 0.1) is 12.8 Å². The molecule has 0 aliphatic rings. The molecule has 1 aromatic carbocycles. The monoisotopic (exact) mass is 269 g/mol. The topological polar surface area (TPSA) is 12.0 Å². The number of nitrogens with one attached hydrogen (secondary N) is 1. The maximum Gasteiger partial charge on any atom is 0.00278 e. The van der Waals surface area contributed by atoms with Gasteiger partial charge in [0.05, 0.1) is 0 Å². The van der Waals surface area contributed by atoms with Gasteiger partial charge in [-0.1, -0.05) is 57.7 Å². The van der Waals surface area contributed by atoms with Crippen LogP contribution >= 0.6 is 0 Å². The second-order valence-corrected chi connectivity index (χ2v) is 5.41. The van der Waals surface area contributed by atoms with Gasteiger partial charge in [-0.25, -0.2) is 0 Å². The molecule has 1 N–H and O–H groups in total. The number of rotatable bonds is 6. The maximum atomic E-state index is 4.25. The lowest BCUT2D eigenvalue weighted by Gasteiger charge is -2.16. The van der Waals surface area contributed by atoms with E-state index in [1.54, 1.807) is 0 Å². The minimum absolute atomic E-state index is 0.498. The lowest BCUT2D eigenvalue weighted by atomic mass is 9.91. The number of hydrogen-bond acceptors (Lipinski definition) is 1. The van der Waals surface area contributed by atoms with Crippen molar-refractivity contribution in [1.82, 2.24) is 5.32 Å². The number of hydrogen-bond donors (Lipinski definition) is 1. The fourth-order valence-corrected chi connectivity index (χ4v) is 2.40. The van der Waals surface area contributed by atoms with Crippen LogP contribution in [-0.2, 0) is 0 Å². The van der Waals surface area contributed by atoms with E-state index < -0.39 is 0 Å². The van der Waals surface area contributed by atoms with E-state index in [2.05, 4.69) is 76.1 Å². The molecule has 0 saturated carbocycles. The Hall–Kier alpha value is -1.76. The second-order valence-electron chi connectivity index (χ2n) is 5.41. The summed E-state index contributed by atoms with van der Waals surface area (Å²) in [6.45, 7) is 13.0. The van der Waals surface area contributed by atoms with Crippen molar-refractivity contribution >= 4 is 5.57 Å². The van der Waals surface area contributed by atoms with Crippen LogP contribution in [0.25, 0.3) is 5.57 Å². The van der Waals surface area contributed by atoms with E-state index in [1.165, 1.54) is 22.3 Å². The minimum Gasteiger partial charge on any atom is -0.394 e. The van der Waals surface area contributed by atoms with Gasteiger partial charge in [-0.3, -0.25) is 0 Å². The van der Waals surface area contributed by atoms with Crippen molar-refractivity contribution in [3.05, 3.63) is 65.4 Å². The molecule has 0 atom stereocenters. The normalized spacial score (nSPS) is 12.7. The van der Waals surface area contributed by atoms with Crippen LogP contribution < -0.4 is 5.32 Å². The Kier molecular flexibility index (Phi) is 6.30. The third-order valence-corrected chi connectivity index (χ3v) is 3.51. The molecule has 1 rings (SSSR count). The van der Waals surface area contributed by atoms with Crippen molar-refractivity contribution in [3.63, 3.8) is 0 Å². The maximum absolute atomic E-state index is 4.25. The molecule has 1 nitrogen and oxygen atoms in total. The lowest BCUT2D eigenvalue weighted by molar-refractivity contribution is 0.756. The number of benzene rings is 1. The first-order valence-electron chi connectivity index (χ1n) is 7.34. The molecule has 0 heterocycles. The third-order valence-electron chi connectivity index (χ3n) is 3.51. The molecule has 0 aliphatic carbocycles. The predicted molar refractivity (Wildman–Crippen MR) is 90.6 cm³/mol. The van der Waals surface area contributed by atoms with Gasteiger partial charge in [0.25, 0.3) is 0 Å². The van der Waals surface area contributed by atoms with Gasteiger partial charge in [-0.15, -0.1) is 0 Å². The Morgan fingerprint density at radius 2 is 1.95 bits per heavy atom. The summed E-state index contributed by atoms with van der Waals surface area (Å²) in [4.78, 5) is 0. The zero-order chi connectivity index (χ0) is 15.1. The summed E-state index contributed by atoms with van der Waals surface area (Å²) < 4.78 is 0. The number of aryl methyl sites for hydroxylation is 1. The summed E-state index contributed by atoms with van der Waals surface area (Å²) in [5.74, 6) is 0.498. The molecule has 1 aromatic rings. The molecule has 0 radical (unpaired) electrons. The van der Waals surface area contributed by atoms with Crippen LogP contribution in [-0.4, -0.2) is 7.05 Å². The molecule has 0 saturated heterocycles. The van der Waals surface area contributed by atoms with E-state index in [1.807, 2.05) is 7.05 Å². The Balaban J connectivity index is 3.14. The molecule has 0 aliphatic heterocycles. The summed E-state index contributed by atoms with van der Waals surface area (Å²) >= 11 is 0. The van der Waals surface area contributed by atoms with Crippen molar-refractivity contribution < 1.29 is 0 Å². The summed E-state index contributed by atoms with van der Waals surface area (Å²) in [5.41, 5.74) is 6.29. The Bertz CT molecular complexity index is 518. The standard InChI is InChI=1S/C19H27N/c1-7-17(19(13-20-6)14(2)3)12-16(5)18-11-9-8-10-15(18)4/h8-14,20H,5,7H2,1-4,6H3/b17-12-,19-13-. The highest BCUT2D eigenvalue weighted by Gasteiger charge is 2.09. The fraction of sp³-hybridized carbons (Fsp3) is 0.368. The van der Waals surface area contributed by atoms with Crippen molar-refractivity contribution in [1.29, 1.82) is 0 Å². The minimum atomic E-state index is 0.498. The first-order valence-corrected chi connectivity index (χ1v) is 7.34. The molecular formula is C19H27N. The lowest BCUT2D eigenvalue weighted by Crippen LogP contribution is -2.04. The average Bonchev–Trinajstić information content (AvgIpc) is 2.42. The van der Waals surface area contributed by atoms with E-state index in [-0.39, 0.29) is 0 Å². The fourth-order valence-electron chi connectivity index (χ4n) is 2.40. The summed E-state index contributed by atoms with van der Waals surface area (Å²) in [6, 6.07) is 8.40. The van der Waals surface area contributed by atoms with Gasteiger partial charge in [0.1, 0.15) is 0 Å². The van der Waals surface area contributed by atoms with Crippen molar-refractivity contribution in [3.8, 4) is 0 Å². The van der Waals surface area contributed by atoms with E-state index in [0.717, 1.165) is 12.0 Å². The molecule has 0 unspecified atom stereocenters. The van der Waals surface area contributed by atoms with Gasteiger partial charge in [-0.2, -0.15) is 0 Å². The zero-order valence-electron chi connectivity index (χ0n) is 13.5. The van der Waals surface area contributed by atoms with E-state index in [4.69, 9.17) is 0 Å². The van der Waals surface area contributed by atoms with Crippen LogP contribution in [0.15, 0.2) is 54.3 Å². The molecule has 0 spiro atoms. The summed E-state index contributed by atoms with van der Waals surface area (Å²) in [5, 5.41) is 3.16. The quantitative estimate of drug-likeness (QED) is 0.708. The SMILES string of the molecule is C=C(/C=C(CC)\C(=C/NC)C(C)C)c1ccccc1C. The first-order chi connectivity index (χ1) is 9.51. The van der Waals surface area contributed by atoms with Gasteiger partial charge in [0, 0.05) is 7.05 Å². The van der Waals surface area contributed by atoms with Crippen molar-refractivity contribution in [2.45, 2.75) is 34.1 Å². The van der Waals surface area contributed by atoms with Crippen LogP contribution in [0.1, 0.15) is 38.3 Å². The van der Waals surface area contributed by atoms with Gasteiger partial charge in [-0.05, 0) is 53.3 Å². The summed E-state index contributed by atoms with van der Waals surface area (Å²) in [6.07, 6.45) is 5.34. The van der Waals surface area contributed by atoms with Crippen LogP contribution in [0.3, 0.4) is 0 Å². The van der Waals surface area contributed by atoms with Crippen LogP contribution in [0.2, 0.25) is 0 Å². The van der Waals surface area contributed by atoms with E-state index in [0.29, 0.717) is 5.92 Å². The molecule has 20 heavy (non-hydrogen) atoms. The molecule has 0 aromatic heterocycles. The predicted octanol–water partition coefficient (Wildman–Crippen LogP) is 5.10. The molecule has 108 valence electrons. The second kappa shape index (κ2) is 7.74. The number of allylic oxidation sites excluding steroid dienone is 4. The Labute approximate surface area is 124 Å². The summed E-state index contributed by atoms with van der Waals surface area (Å²) in [7, 11) is 1.95. The molecular weight excluding hydrogens is 242 g/mol. The Morgan fingerprint density at radius 1 is 1.30 bits per heavy atom. The van der Waals surface area contributed by atoms with Crippen molar-refractivity contribution in [2.24, 2.45) is 5.92 Å². The molecule has 0 fully saturated rings. The zero-order valence-corrected chi connectivity index (χ0v) is 13.5. The first kappa shape index (κ1) is 16.3. The molecule has 0 bridgehead atoms. The van der Waals surface area contributed by atoms with Gasteiger partial charge >= 0.3 is 0 Å². The third kappa shape index (κ3) is 4.12.